The fraction of sp³-hybridized carbons (Fsp3) is 0.0909. The van der Waals surface area contributed by atoms with Gasteiger partial charge in [0.25, 0.3) is 5.91 Å². The molecule has 2 aromatic carbocycles. The van der Waals surface area contributed by atoms with Gasteiger partial charge in [0, 0.05) is 18.5 Å². The van der Waals surface area contributed by atoms with Crippen LogP contribution in [0.15, 0.2) is 79.1 Å². The van der Waals surface area contributed by atoms with E-state index in [1.165, 1.54) is 12.1 Å². The quantitative estimate of drug-likeness (QED) is 0.422. The number of ether oxygens (including phenoxy) is 1. The van der Waals surface area contributed by atoms with E-state index in [1.54, 1.807) is 24.3 Å². The Bertz CT molecular complexity index is 1240. The summed E-state index contributed by atoms with van der Waals surface area (Å²) < 4.78 is 47.8. The molecule has 0 unspecified atom stereocenters. The summed E-state index contributed by atoms with van der Waals surface area (Å²) in [5, 5.41) is 6.46. The van der Waals surface area contributed by atoms with Crippen LogP contribution in [0.1, 0.15) is 5.69 Å². The number of rotatable bonds is 6. The lowest BCUT2D eigenvalue weighted by Gasteiger charge is -2.13. The molecule has 1 amide bonds. The summed E-state index contributed by atoms with van der Waals surface area (Å²) in [6.45, 7) is -0.534. The van der Waals surface area contributed by atoms with Crippen molar-refractivity contribution in [3.63, 3.8) is 0 Å². The molecule has 6 nitrogen and oxygen atoms in total. The van der Waals surface area contributed by atoms with Crippen LogP contribution in [-0.4, -0.2) is 26.9 Å². The van der Waals surface area contributed by atoms with E-state index in [0.717, 1.165) is 16.4 Å². The number of nitrogens with one attached hydrogen (secondary N) is 1. The van der Waals surface area contributed by atoms with E-state index in [1.807, 2.05) is 41.2 Å². The molecule has 0 fully saturated rings. The summed E-state index contributed by atoms with van der Waals surface area (Å²) in [6, 6.07) is 17.8. The second-order valence-corrected chi connectivity index (χ2v) is 7.08. The molecule has 0 aliphatic heterocycles. The number of aromatic nitrogens is 3. The van der Waals surface area contributed by atoms with Gasteiger partial charge in [-0.2, -0.15) is 23.0 Å². The topological polar surface area (TPSA) is 61.1 Å². The summed E-state index contributed by atoms with van der Waals surface area (Å²) in [6.07, 6.45) is -1.05. The lowest BCUT2D eigenvalue weighted by Crippen LogP contribution is -2.21. The summed E-state index contributed by atoms with van der Waals surface area (Å²) in [5.74, 6) is -0.815. The number of carbonyl (C=O) groups excluding carboxylic acids is 1. The minimum Gasteiger partial charge on any atom is -0.467 e. The minimum absolute atomic E-state index is 0.180. The molecule has 1 N–H and O–H groups in total. The van der Waals surface area contributed by atoms with Gasteiger partial charge in [0.15, 0.2) is 12.3 Å². The molecular formula is C22H16ClF3N4O2. The molecule has 32 heavy (non-hydrogen) atoms. The van der Waals surface area contributed by atoms with Gasteiger partial charge in [0.05, 0.1) is 22.1 Å². The minimum atomic E-state index is -4.69. The van der Waals surface area contributed by atoms with Crippen LogP contribution in [0.4, 0.5) is 18.9 Å². The Morgan fingerprint density at radius 3 is 2.34 bits per heavy atom. The van der Waals surface area contributed by atoms with Gasteiger partial charge < -0.3 is 14.6 Å². The van der Waals surface area contributed by atoms with Gasteiger partial charge >= 0.3 is 6.18 Å². The molecule has 0 aliphatic rings. The highest BCUT2D eigenvalue weighted by atomic mass is 35.5. The number of hydrogen-bond acceptors (Lipinski definition) is 3. The summed E-state index contributed by atoms with van der Waals surface area (Å²) in [7, 11) is 0. The van der Waals surface area contributed by atoms with Gasteiger partial charge in [0.2, 0.25) is 5.88 Å². The highest BCUT2D eigenvalue weighted by Gasteiger charge is 2.36. The third-order valence-electron chi connectivity index (χ3n) is 4.46. The molecular weight excluding hydrogens is 445 g/mol. The summed E-state index contributed by atoms with van der Waals surface area (Å²) >= 11 is 6.11. The van der Waals surface area contributed by atoms with Gasteiger partial charge in [-0.05, 0) is 36.4 Å². The smallest absolute Gasteiger partial charge is 0.435 e. The van der Waals surface area contributed by atoms with Gasteiger partial charge in [-0.25, -0.2) is 0 Å². The Morgan fingerprint density at radius 1 is 1.00 bits per heavy atom. The number of para-hydroxylation sites is 3. The third kappa shape index (κ3) is 4.62. The van der Waals surface area contributed by atoms with Crippen LogP contribution in [0.5, 0.6) is 5.88 Å². The highest BCUT2D eigenvalue weighted by Crippen LogP contribution is 2.33. The first kappa shape index (κ1) is 21.5. The molecule has 0 saturated carbocycles. The number of amides is 1. The second kappa shape index (κ2) is 8.80. The maximum Gasteiger partial charge on any atom is 0.435 e. The number of benzene rings is 2. The molecule has 0 bridgehead atoms. The predicted octanol–water partition coefficient (Wildman–Crippen LogP) is 5.35. The Morgan fingerprint density at radius 2 is 1.66 bits per heavy atom. The van der Waals surface area contributed by atoms with Crippen molar-refractivity contribution in [2.75, 3.05) is 11.9 Å². The van der Waals surface area contributed by atoms with Crippen LogP contribution < -0.4 is 10.1 Å². The average molecular weight is 461 g/mol. The lowest BCUT2D eigenvalue weighted by atomic mass is 10.2. The van der Waals surface area contributed by atoms with E-state index in [4.69, 9.17) is 16.3 Å². The van der Waals surface area contributed by atoms with E-state index in [9.17, 15) is 18.0 Å². The molecule has 0 aliphatic carbocycles. The van der Waals surface area contributed by atoms with E-state index >= 15 is 0 Å². The molecule has 2 aromatic heterocycles. The molecule has 0 atom stereocenters. The molecule has 164 valence electrons. The SMILES string of the molecule is O=C(COc1cc(C(F)(F)F)nn1-c1ccccc1Cl)Nc1ccccc1-n1cccc1. The highest BCUT2D eigenvalue weighted by molar-refractivity contribution is 6.32. The molecule has 4 rings (SSSR count). The zero-order valence-corrected chi connectivity index (χ0v) is 17.1. The number of anilines is 1. The van der Waals surface area contributed by atoms with Gasteiger partial charge in [-0.3, -0.25) is 4.79 Å². The molecule has 0 radical (unpaired) electrons. The van der Waals surface area contributed by atoms with Crippen LogP contribution >= 0.6 is 11.6 Å². The number of halogens is 4. The van der Waals surface area contributed by atoms with Crippen molar-refractivity contribution in [3.8, 4) is 17.3 Å². The van der Waals surface area contributed by atoms with Crippen LogP contribution in [0.2, 0.25) is 5.02 Å². The number of alkyl halides is 3. The van der Waals surface area contributed by atoms with Crippen LogP contribution in [-0.2, 0) is 11.0 Å². The first-order valence-electron chi connectivity index (χ1n) is 9.40. The second-order valence-electron chi connectivity index (χ2n) is 6.67. The van der Waals surface area contributed by atoms with Gasteiger partial charge in [-0.15, -0.1) is 0 Å². The first-order valence-corrected chi connectivity index (χ1v) is 9.78. The zero-order valence-electron chi connectivity index (χ0n) is 16.4. The maximum absolute atomic E-state index is 13.2. The van der Waals surface area contributed by atoms with Crippen molar-refractivity contribution in [1.29, 1.82) is 0 Å². The summed E-state index contributed by atoms with van der Waals surface area (Å²) in [4.78, 5) is 12.5. The Labute approximate surface area is 185 Å². The molecule has 4 aromatic rings. The fourth-order valence-corrected chi connectivity index (χ4v) is 3.24. The average Bonchev–Trinajstić information content (AvgIpc) is 3.43. The number of hydrogen-bond donors (Lipinski definition) is 1. The van der Waals surface area contributed by atoms with Gasteiger partial charge in [0.1, 0.15) is 0 Å². The molecule has 0 saturated heterocycles. The van der Waals surface area contributed by atoms with Crippen molar-refractivity contribution in [3.05, 3.63) is 89.8 Å². The lowest BCUT2D eigenvalue weighted by molar-refractivity contribution is -0.141. The Hall–Kier alpha value is -3.72. The number of carbonyl (C=O) groups is 1. The zero-order chi connectivity index (χ0) is 22.7. The van der Waals surface area contributed by atoms with E-state index in [2.05, 4.69) is 10.4 Å². The van der Waals surface area contributed by atoms with Crippen LogP contribution in [0.25, 0.3) is 11.4 Å². The monoisotopic (exact) mass is 460 g/mol. The van der Waals surface area contributed by atoms with Crippen molar-refractivity contribution in [2.45, 2.75) is 6.18 Å². The van der Waals surface area contributed by atoms with E-state index in [0.29, 0.717) is 5.69 Å². The summed E-state index contributed by atoms with van der Waals surface area (Å²) in [5.41, 5.74) is 0.281. The largest absolute Gasteiger partial charge is 0.467 e. The van der Waals surface area contributed by atoms with Crippen molar-refractivity contribution >= 4 is 23.2 Å². The van der Waals surface area contributed by atoms with E-state index < -0.39 is 24.4 Å². The third-order valence-corrected chi connectivity index (χ3v) is 4.78. The van der Waals surface area contributed by atoms with Crippen LogP contribution in [0, 0.1) is 0 Å². The molecule has 0 spiro atoms. The maximum atomic E-state index is 13.2. The van der Waals surface area contributed by atoms with Crippen molar-refractivity contribution < 1.29 is 22.7 Å². The molecule has 2 heterocycles. The number of nitrogens with zero attached hydrogens (tertiary/aromatic N) is 3. The van der Waals surface area contributed by atoms with Crippen LogP contribution in [0.3, 0.4) is 0 Å². The normalized spacial score (nSPS) is 11.4. The molecule has 10 heteroatoms. The first-order chi connectivity index (χ1) is 15.3. The van der Waals surface area contributed by atoms with E-state index in [-0.39, 0.29) is 16.6 Å². The fourth-order valence-electron chi connectivity index (χ4n) is 3.03. The van der Waals surface area contributed by atoms with Crippen molar-refractivity contribution in [1.82, 2.24) is 14.3 Å². The standard InChI is InChI=1S/C22H16ClF3N4O2/c23-15-7-1-3-9-17(15)30-21(13-19(28-30)22(24,25)26)32-14-20(31)27-16-8-2-4-10-18(16)29-11-5-6-12-29/h1-13H,14H2,(H,27,31). The van der Waals surface area contributed by atoms with Crippen molar-refractivity contribution in [2.24, 2.45) is 0 Å². The van der Waals surface area contributed by atoms with Gasteiger partial charge in [-0.1, -0.05) is 35.9 Å². The predicted molar refractivity (Wildman–Crippen MR) is 113 cm³/mol. The Kier molecular flexibility index (Phi) is 5.91. The Balaban J connectivity index is 1.55.